The average Bonchev–Trinajstić information content (AvgIpc) is 3.85. The van der Waals surface area contributed by atoms with Gasteiger partial charge in [0, 0.05) is 38.3 Å². The fraction of sp³-hybridized carbons (Fsp3) is 0.0545. The molecule has 2 aromatic heterocycles. The number of hydrogen-bond donors (Lipinski definition) is 0. The van der Waals surface area contributed by atoms with E-state index in [1.807, 2.05) is 0 Å². The molecule has 0 amide bonds. The van der Waals surface area contributed by atoms with Gasteiger partial charge in [-0.1, -0.05) is 141 Å². The van der Waals surface area contributed by atoms with Crippen LogP contribution in [0.5, 0.6) is 0 Å². The highest BCUT2D eigenvalue weighted by Gasteiger charge is 2.36. The quantitative estimate of drug-likeness (QED) is 0.171. The summed E-state index contributed by atoms with van der Waals surface area (Å²) in [5.41, 5.74) is 17.5. The highest BCUT2D eigenvalue weighted by atomic mass is 15.0. The molecular weight excluding hydrogens is 689 g/mol. The summed E-state index contributed by atoms with van der Waals surface area (Å²) in [6.45, 7) is 4.75. The molecule has 11 aromatic rings. The van der Waals surface area contributed by atoms with Crippen molar-refractivity contribution in [2.75, 3.05) is 0 Å². The van der Waals surface area contributed by atoms with E-state index in [0.717, 1.165) is 5.69 Å². The molecule has 2 nitrogen and oxygen atoms in total. The van der Waals surface area contributed by atoms with Crippen LogP contribution in [0.25, 0.3) is 99.1 Å². The molecule has 0 atom stereocenters. The Morgan fingerprint density at radius 2 is 0.877 bits per heavy atom. The first kappa shape index (κ1) is 32.1. The maximum absolute atomic E-state index is 2.49. The number of nitrogens with zero attached hydrogens (tertiary/aromatic N) is 2. The van der Waals surface area contributed by atoms with E-state index in [0.29, 0.717) is 0 Å². The summed E-state index contributed by atoms with van der Waals surface area (Å²) in [6.07, 6.45) is 0. The van der Waals surface area contributed by atoms with Crippen molar-refractivity contribution in [1.29, 1.82) is 0 Å². The summed E-state index contributed by atoms with van der Waals surface area (Å²) in [5, 5.41) is 7.57. The Labute approximate surface area is 331 Å². The van der Waals surface area contributed by atoms with Crippen molar-refractivity contribution in [2.24, 2.45) is 0 Å². The molecule has 1 aliphatic rings. The van der Waals surface area contributed by atoms with Crippen molar-refractivity contribution in [3.05, 3.63) is 205 Å². The van der Waals surface area contributed by atoms with Gasteiger partial charge in [-0.05, 0) is 122 Å². The largest absolute Gasteiger partial charge is 0.309 e. The molecule has 0 saturated carbocycles. The Bertz CT molecular complexity index is 3410. The van der Waals surface area contributed by atoms with Crippen molar-refractivity contribution in [2.45, 2.75) is 19.3 Å². The SMILES string of the molecule is CC1(C)c2ccccc2-c2cc3c(cc21)c1cc(-c2ccc4c(c2)c2ccccc2n4-c2ccc(-c4ccccc4)cc2)ccc1n3-c1ccc2ccccc2c1. The molecule has 0 unspecified atom stereocenters. The molecule has 12 rings (SSSR count). The Balaban J connectivity index is 1.05. The van der Waals surface area contributed by atoms with E-state index in [2.05, 4.69) is 217 Å². The summed E-state index contributed by atoms with van der Waals surface area (Å²) in [4.78, 5) is 0. The number of para-hydroxylation sites is 1. The summed E-state index contributed by atoms with van der Waals surface area (Å²) in [7, 11) is 0. The normalized spacial score (nSPS) is 13.2. The van der Waals surface area contributed by atoms with Gasteiger partial charge in [-0.15, -0.1) is 0 Å². The minimum atomic E-state index is -0.0871. The molecule has 0 N–H and O–H groups in total. The van der Waals surface area contributed by atoms with Crippen molar-refractivity contribution >= 4 is 54.4 Å². The van der Waals surface area contributed by atoms with Crippen LogP contribution < -0.4 is 0 Å². The first-order chi connectivity index (χ1) is 28.0. The van der Waals surface area contributed by atoms with E-state index in [4.69, 9.17) is 0 Å². The Hall–Kier alpha value is -7.16. The molecule has 0 radical (unpaired) electrons. The number of benzene rings is 9. The zero-order valence-electron chi connectivity index (χ0n) is 31.9. The predicted molar refractivity (Wildman–Crippen MR) is 241 cm³/mol. The van der Waals surface area contributed by atoms with Gasteiger partial charge in [-0.3, -0.25) is 0 Å². The second kappa shape index (κ2) is 11.9. The highest BCUT2D eigenvalue weighted by molar-refractivity contribution is 6.14. The predicted octanol–water partition coefficient (Wildman–Crippen LogP) is 14.7. The van der Waals surface area contributed by atoms with E-state index < -0.39 is 0 Å². The van der Waals surface area contributed by atoms with E-state index in [-0.39, 0.29) is 5.41 Å². The second-order valence-electron chi connectivity index (χ2n) is 16.2. The third-order valence-electron chi connectivity index (χ3n) is 12.7. The molecule has 2 heteroatoms. The van der Waals surface area contributed by atoms with Crippen molar-refractivity contribution < 1.29 is 0 Å². The zero-order chi connectivity index (χ0) is 37.8. The maximum atomic E-state index is 2.49. The number of fused-ring (bicyclic) bond motifs is 10. The lowest BCUT2D eigenvalue weighted by molar-refractivity contribution is 0.661. The third-order valence-corrected chi connectivity index (χ3v) is 12.7. The topological polar surface area (TPSA) is 9.86 Å². The van der Waals surface area contributed by atoms with Crippen LogP contribution in [0.2, 0.25) is 0 Å². The molecule has 1 aliphatic carbocycles. The minimum absolute atomic E-state index is 0.0871. The van der Waals surface area contributed by atoms with Gasteiger partial charge >= 0.3 is 0 Å². The van der Waals surface area contributed by atoms with Crippen LogP contribution in [0.4, 0.5) is 0 Å². The molecule has 0 bridgehead atoms. The summed E-state index contributed by atoms with van der Waals surface area (Å²) in [6, 6.07) is 71.9. The van der Waals surface area contributed by atoms with Crippen LogP contribution in [-0.4, -0.2) is 9.13 Å². The second-order valence-corrected chi connectivity index (χ2v) is 16.2. The molecule has 2 heterocycles. The standard InChI is InChI=1S/C55H38N2/c1-55(2)49-18-10-8-16-43(49)45-34-54-48(33-50(45)55)47-32-40(24-29-53(47)57(54)42-27-22-36-14-6-7-15-38(36)30-42)39-23-28-52-46(31-39)44-17-9-11-19-51(44)56(52)41-25-20-37(21-26-41)35-12-4-3-5-13-35/h3-34H,1-2H3. The van der Waals surface area contributed by atoms with E-state index in [1.165, 1.54) is 105 Å². The van der Waals surface area contributed by atoms with Gasteiger partial charge < -0.3 is 9.13 Å². The summed E-state index contributed by atoms with van der Waals surface area (Å²) in [5.74, 6) is 0. The monoisotopic (exact) mass is 726 g/mol. The van der Waals surface area contributed by atoms with Crippen LogP contribution >= 0.6 is 0 Å². The van der Waals surface area contributed by atoms with E-state index >= 15 is 0 Å². The lowest BCUT2D eigenvalue weighted by Crippen LogP contribution is -2.14. The summed E-state index contributed by atoms with van der Waals surface area (Å²) < 4.78 is 4.89. The average molecular weight is 727 g/mol. The van der Waals surface area contributed by atoms with Gasteiger partial charge in [0.15, 0.2) is 0 Å². The Kier molecular flexibility index (Phi) is 6.72. The van der Waals surface area contributed by atoms with Gasteiger partial charge in [0.1, 0.15) is 0 Å². The fourth-order valence-electron chi connectivity index (χ4n) is 9.85. The molecule has 0 fully saturated rings. The molecule has 0 spiro atoms. The highest BCUT2D eigenvalue weighted by Crippen LogP contribution is 2.51. The van der Waals surface area contributed by atoms with Gasteiger partial charge in [-0.25, -0.2) is 0 Å². The third kappa shape index (κ3) is 4.71. The Morgan fingerprint density at radius 1 is 0.316 bits per heavy atom. The molecule has 268 valence electrons. The lowest BCUT2D eigenvalue weighted by atomic mass is 9.82. The van der Waals surface area contributed by atoms with Gasteiger partial charge in [-0.2, -0.15) is 0 Å². The van der Waals surface area contributed by atoms with Crippen LogP contribution in [0.3, 0.4) is 0 Å². The molecule has 0 saturated heterocycles. The lowest BCUT2D eigenvalue weighted by Gasteiger charge is -2.21. The van der Waals surface area contributed by atoms with E-state index in [1.54, 1.807) is 0 Å². The van der Waals surface area contributed by atoms with Crippen molar-refractivity contribution in [3.63, 3.8) is 0 Å². The van der Waals surface area contributed by atoms with Gasteiger partial charge in [0.25, 0.3) is 0 Å². The van der Waals surface area contributed by atoms with Crippen LogP contribution in [0.15, 0.2) is 194 Å². The van der Waals surface area contributed by atoms with Crippen molar-refractivity contribution in [3.8, 4) is 44.8 Å². The zero-order valence-corrected chi connectivity index (χ0v) is 31.9. The number of rotatable bonds is 4. The maximum Gasteiger partial charge on any atom is 0.0547 e. The first-order valence-corrected chi connectivity index (χ1v) is 19.9. The minimum Gasteiger partial charge on any atom is -0.309 e. The molecular formula is C55H38N2. The van der Waals surface area contributed by atoms with Gasteiger partial charge in [0.05, 0.1) is 22.1 Å². The van der Waals surface area contributed by atoms with E-state index in [9.17, 15) is 0 Å². The number of aromatic nitrogens is 2. The number of hydrogen-bond acceptors (Lipinski definition) is 0. The van der Waals surface area contributed by atoms with Crippen LogP contribution in [0, 0.1) is 0 Å². The first-order valence-electron chi connectivity index (χ1n) is 19.9. The van der Waals surface area contributed by atoms with Crippen molar-refractivity contribution in [1.82, 2.24) is 9.13 Å². The van der Waals surface area contributed by atoms with Gasteiger partial charge in [0.2, 0.25) is 0 Å². The summed E-state index contributed by atoms with van der Waals surface area (Å²) >= 11 is 0. The smallest absolute Gasteiger partial charge is 0.0547 e. The Morgan fingerprint density at radius 3 is 1.67 bits per heavy atom. The van der Waals surface area contributed by atoms with Crippen LogP contribution in [-0.2, 0) is 5.41 Å². The van der Waals surface area contributed by atoms with Crippen LogP contribution in [0.1, 0.15) is 25.0 Å². The molecule has 9 aromatic carbocycles. The molecule has 0 aliphatic heterocycles. The fourth-order valence-corrected chi connectivity index (χ4v) is 9.85. The molecule has 57 heavy (non-hydrogen) atoms.